The topological polar surface area (TPSA) is 66.8 Å². The highest BCUT2D eigenvalue weighted by Crippen LogP contribution is 2.43. The zero-order valence-corrected chi connectivity index (χ0v) is 20.6. The summed E-state index contributed by atoms with van der Waals surface area (Å²) >= 11 is 1.52. The predicted octanol–water partition coefficient (Wildman–Crippen LogP) is 6.11. The van der Waals surface area contributed by atoms with Crippen LogP contribution in [-0.2, 0) is 9.59 Å². The van der Waals surface area contributed by atoms with Crippen molar-refractivity contribution in [2.45, 2.75) is 65.8 Å². The number of ketones is 1. The lowest BCUT2D eigenvalue weighted by atomic mass is 9.92. The first-order valence-electron chi connectivity index (χ1n) is 11.2. The molecule has 0 radical (unpaired) electrons. The summed E-state index contributed by atoms with van der Waals surface area (Å²) in [7, 11) is 1.63. The molecule has 1 atom stereocenters. The zero-order chi connectivity index (χ0) is 23.6. The van der Waals surface area contributed by atoms with Crippen molar-refractivity contribution in [2.24, 2.45) is 0 Å². The van der Waals surface area contributed by atoms with Gasteiger partial charge in [-0.2, -0.15) is 0 Å². The zero-order valence-electron chi connectivity index (χ0n) is 19.8. The number of hydrogen-bond acceptors (Lipinski definition) is 5. The fraction of sp³-hybridized carbons (Fsp3) is 0.462. The molecule has 0 saturated carbocycles. The smallest absolute Gasteiger partial charge is 0.295 e. The van der Waals surface area contributed by atoms with Crippen LogP contribution in [0.5, 0.6) is 5.75 Å². The summed E-state index contributed by atoms with van der Waals surface area (Å²) < 4.78 is 5.53. The Labute approximate surface area is 194 Å². The minimum atomic E-state index is -0.613. The number of carbonyl (C=O) groups is 2. The van der Waals surface area contributed by atoms with Crippen LogP contribution in [-0.4, -0.2) is 35.4 Å². The Morgan fingerprint density at radius 3 is 2.47 bits per heavy atom. The molecule has 1 aromatic carbocycles. The number of carbonyl (C=O) groups excluding carboxylic acids is 2. The van der Waals surface area contributed by atoms with Crippen molar-refractivity contribution in [1.29, 1.82) is 0 Å². The molecule has 32 heavy (non-hydrogen) atoms. The number of rotatable bonds is 8. The summed E-state index contributed by atoms with van der Waals surface area (Å²) in [6.45, 7) is 10.6. The van der Waals surface area contributed by atoms with Crippen molar-refractivity contribution in [3.05, 3.63) is 56.3 Å². The molecule has 1 fully saturated rings. The van der Waals surface area contributed by atoms with E-state index in [0.29, 0.717) is 12.1 Å². The van der Waals surface area contributed by atoms with Gasteiger partial charge in [0.05, 0.1) is 18.7 Å². The number of unbranched alkanes of at least 4 members (excludes halogenated alkanes) is 2. The van der Waals surface area contributed by atoms with E-state index < -0.39 is 17.7 Å². The highest BCUT2D eigenvalue weighted by molar-refractivity contribution is 7.10. The number of nitrogens with zero attached hydrogens (tertiary/aromatic N) is 1. The summed E-state index contributed by atoms with van der Waals surface area (Å²) in [4.78, 5) is 28.8. The Hall–Kier alpha value is -2.60. The molecule has 0 aliphatic carbocycles. The highest BCUT2D eigenvalue weighted by atomic mass is 32.1. The first-order chi connectivity index (χ1) is 15.2. The number of amides is 1. The minimum Gasteiger partial charge on any atom is -0.507 e. The second-order valence-electron chi connectivity index (χ2n) is 8.73. The van der Waals surface area contributed by atoms with Gasteiger partial charge in [0.1, 0.15) is 11.5 Å². The highest BCUT2D eigenvalue weighted by Gasteiger charge is 2.46. The van der Waals surface area contributed by atoms with Gasteiger partial charge in [0, 0.05) is 17.0 Å². The van der Waals surface area contributed by atoms with Gasteiger partial charge in [-0.25, -0.2) is 0 Å². The van der Waals surface area contributed by atoms with E-state index in [2.05, 4.69) is 20.8 Å². The number of likely N-dealkylation sites (tertiary alicyclic amines) is 1. The van der Waals surface area contributed by atoms with Gasteiger partial charge < -0.3 is 14.7 Å². The molecule has 2 heterocycles. The van der Waals surface area contributed by atoms with Gasteiger partial charge in [0.25, 0.3) is 11.7 Å². The molecule has 1 aromatic heterocycles. The summed E-state index contributed by atoms with van der Waals surface area (Å²) in [5.74, 6) is -0.335. The van der Waals surface area contributed by atoms with Crippen molar-refractivity contribution >= 4 is 28.8 Å². The third kappa shape index (κ3) is 4.33. The van der Waals surface area contributed by atoms with Crippen molar-refractivity contribution in [3.63, 3.8) is 0 Å². The number of ether oxygens (including phenoxy) is 1. The van der Waals surface area contributed by atoms with E-state index in [1.54, 1.807) is 12.0 Å². The van der Waals surface area contributed by atoms with Crippen LogP contribution in [0, 0.1) is 13.8 Å². The monoisotopic (exact) mass is 455 g/mol. The number of thiophene rings is 1. The maximum atomic E-state index is 13.2. The molecule has 3 rings (SSSR count). The van der Waals surface area contributed by atoms with Gasteiger partial charge in [0.15, 0.2) is 0 Å². The molecular weight excluding hydrogens is 422 g/mol. The molecule has 5 nitrogen and oxygen atoms in total. The first-order valence-corrected chi connectivity index (χ1v) is 12.1. The fourth-order valence-electron chi connectivity index (χ4n) is 4.31. The minimum absolute atomic E-state index is 0.110. The van der Waals surface area contributed by atoms with Gasteiger partial charge in [-0.15, -0.1) is 11.3 Å². The van der Waals surface area contributed by atoms with Crippen LogP contribution in [0.1, 0.15) is 79.1 Å². The molecule has 0 bridgehead atoms. The maximum Gasteiger partial charge on any atom is 0.295 e. The standard InChI is InChI=1S/C26H33NO4S/c1-7-8-9-11-27-22(25-16(4)10-12-32-25)21(24(29)26(27)30)23(28)19-14-18(15(2)3)20(31-6)13-17(19)5/h10,12-15,22,28H,7-9,11H2,1-6H3/b23-21+. The second-order valence-corrected chi connectivity index (χ2v) is 9.68. The summed E-state index contributed by atoms with van der Waals surface area (Å²) in [6.07, 6.45) is 2.83. The number of methoxy groups -OCH3 is 1. The third-order valence-electron chi connectivity index (χ3n) is 6.15. The van der Waals surface area contributed by atoms with E-state index in [4.69, 9.17) is 4.74 Å². The van der Waals surface area contributed by atoms with Crippen molar-refractivity contribution in [3.8, 4) is 5.75 Å². The quantitative estimate of drug-likeness (QED) is 0.226. The van der Waals surface area contributed by atoms with Gasteiger partial charge in [-0.05, 0) is 66.5 Å². The molecule has 1 N–H and O–H groups in total. The lowest BCUT2D eigenvalue weighted by Crippen LogP contribution is -2.30. The van der Waals surface area contributed by atoms with Crippen LogP contribution in [0.15, 0.2) is 29.2 Å². The molecule has 0 spiro atoms. The molecule has 1 aliphatic heterocycles. The van der Waals surface area contributed by atoms with E-state index in [-0.39, 0.29) is 17.3 Å². The number of benzene rings is 1. The van der Waals surface area contributed by atoms with Crippen molar-refractivity contribution in [2.75, 3.05) is 13.7 Å². The molecule has 6 heteroatoms. The number of Topliss-reactive ketones (excluding diaryl/α,β-unsaturated/α-hetero) is 1. The molecule has 1 aliphatic rings. The normalized spacial score (nSPS) is 18.1. The first kappa shape index (κ1) is 24.1. The van der Waals surface area contributed by atoms with Crippen molar-refractivity contribution in [1.82, 2.24) is 4.90 Å². The Morgan fingerprint density at radius 1 is 1.19 bits per heavy atom. The molecule has 172 valence electrons. The Balaban J connectivity index is 2.20. The Kier molecular flexibility index (Phi) is 7.44. The average Bonchev–Trinajstić information content (AvgIpc) is 3.28. The Morgan fingerprint density at radius 2 is 1.91 bits per heavy atom. The van der Waals surface area contributed by atoms with Crippen LogP contribution in [0.25, 0.3) is 5.76 Å². The van der Waals surface area contributed by atoms with Gasteiger partial charge >= 0.3 is 0 Å². The third-order valence-corrected chi connectivity index (χ3v) is 7.22. The van der Waals surface area contributed by atoms with Crippen LogP contribution < -0.4 is 4.74 Å². The molecule has 1 unspecified atom stereocenters. The van der Waals surface area contributed by atoms with Gasteiger partial charge in [-0.1, -0.05) is 33.6 Å². The van der Waals surface area contributed by atoms with Crippen molar-refractivity contribution < 1.29 is 19.4 Å². The maximum absolute atomic E-state index is 13.2. The van der Waals surface area contributed by atoms with Gasteiger partial charge in [-0.3, -0.25) is 9.59 Å². The summed E-state index contributed by atoms with van der Waals surface area (Å²) in [5, 5.41) is 13.4. The SMILES string of the molecule is CCCCCN1C(=O)C(=O)/C(=C(/O)c2cc(C(C)C)c(OC)cc2C)C1c1sccc1C. The van der Waals surface area contributed by atoms with Crippen LogP contribution in [0.4, 0.5) is 0 Å². The number of aliphatic hydroxyl groups excluding tert-OH is 1. The molecular formula is C26H33NO4S. The van der Waals surface area contributed by atoms with E-state index in [9.17, 15) is 14.7 Å². The average molecular weight is 456 g/mol. The lowest BCUT2D eigenvalue weighted by molar-refractivity contribution is -0.139. The fourth-order valence-corrected chi connectivity index (χ4v) is 5.35. The van der Waals surface area contributed by atoms with E-state index >= 15 is 0 Å². The molecule has 2 aromatic rings. The van der Waals surface area contributed by atoms with E-state index in [1.807, 2.05) is 37.4 Å². The van der Waals surface area contributed by atoms with Crippen LogP contribution in [0.3, 0.4) is 0 Å². The number of hydrogen-bond donors (Lipinski definition) is 1. The van der Waals surface area contributed by atoms with E-state index in [0.717, 1.165) is 46.6 Å². The van der Waals surface area contributed by atoms with Crippen LogP contribution >= 0.6 is 11.3 Å². The molecule has 1 saturated heterocycles. The second kappa shape index (κ2) is 9.90. The number of aliphatic hydroxyl groups is 1. The largest absolute Gasteiger partial charge is 0.507 e. The molecule has 1 amide bonds. The van der Waals surface area contributed by atoms with Crippen LogP contribution in [0.2, 0.25) is 0 Å². The predicted molar refractivity (Wildman–Crippen MR) is 129 cm³/mol. The summed E-state index contributed by atoms with van der Waals surface area (Å²) in [6, 6.07) is 5.20. The van der Waals surface area contributed by atoms with Gasteiger partial charge in [0.2, 0.25) is 0 Å². The van der Waals surface area contributed by atoms with E-state index in [1.165, 1.54) is 11.3 Å². The lowest BCUT2D eigenvalue weighted by Gasteiger charge is -2.25. The summed E-state index contributed by atoms with van der Waals surface area (Å²) in [5.41, 5.74) is 3.51. The number of aryl methyl sites for hydroxylation is 2. The Bertz CT molecular complexity index is 1050.